The van der Waals surface area contributed by atoms with Crippen molar-refractivity contribution in [2.24, 2.45) is 0 Å². The number of nitrogens with one attached hydrogen (secondary N) is 1. The lowest BCUT2D eigenvalue weighted by molar-refractivity contribution is 0.204. The van der Waals surface area contributed by atoms with Gasteiger partial charge in [0, 0.05) is 23.6 Å². The van der Waals surface area contributed by atoms with Crippen molar-refractivity contribution < 1.29 is 5.11 Å². The minimum absolute atomic E-state index is 0.570. The molecule has 1 atom stereocenters. The maximum absolute atomic E-state index is 10.5. The lowest BCUT2D eigenvalue weighted by Gasteiger charge is -2.15. The number of fused-ring (bicyclic) bond motifs is 1. The van der Waals surface area contributed by atoms with Gasteiger partial charge in [0.05, 0.1) is 5.69 Å². The molecule has 3 aromatic heterocycles. The summed E-state index contributed by atoms with van der Waals surface area (Å²) >= 11 is 0. The highest BCUT2D eigenvalue weighted by Gasteiger charge is 2.17. The van der Waals surface area contributed by atoms with Crippen LogP contribution >= 0.6 is 0 Å². The van der Waals surface area contributed by atoms with Gasteiger partial charge >= 0.3 is 0 Å². The number of aromatic amines is 1. The SMILES string of the molecule is CCc1ccc2c(C)ccc(C(O)c3ncc[nH]3)n12. The van der Waals surface area contributed by atoms with Gasteiger partial charge in [-0.05, 0) is 37.1 Å². The number of nitrogens with zero attached hydrogens (tertiary/aromatic N) is 2. The minimum Gasteiger partial charge on any atom is -0.379 e. The quantitative estimate of drug-likeness (QED) is 0.756. The molecule has 0 radical (unpaired) electrons. The van der Waals surface area contributed by atoms with E-state index < -0.39 is 6.10 Å². The second-order valence-electron chi connectivity index (χ2n) is 4.72. The Kier molecular flexibility index (Phi) is 2.87. The monoisotopic (exact) mass is 255 g/mol. The molecule has 4 nitrogen and oxygen atoms in total. The zero-order valence-electron chi connectivity index (χ0n) is 11.1. The summed E-state index contributed by atoms with van der Waals surface area (Å²) in [6.45, 7) is 4.20. The van der Waals surface area contributed by atoms with E-state index in [0.29, 0.717) is 5.82 Å². The van der Waals surface area contributed by atoms with Gasteiger partial charge in [0.2, 0.25) is 0 Å². The molecule has 3 rings (SSSR count). The lowest BCUT2D eigenvalue weighted by Crippen LogP contribution is -2.09. The van der Waals surface area contributed by atoms with E-state index in [1.165, 1.54) is 11.3 Å². The van der Waals surface area contributed by atoms with Crippen molar-refractivity contribution in [1.29, 1.82) is 0 Å². The number of pyridine rings is 1. The number of rotatable bonds is 3. The summed E-state index contributed by atoms with van der Waals surface area (Å²) < 4.78 is 2.13. The zero-order chi connectivity index (χ0) is 13.4. The van der Waals surface area contributed by atoms with Crippen LogP contribution < -0.4 is 0 Å². The van der Waals surface area contributed by atoms with E-state index in [9.17, 15) is 5.11 Å². The molecule has 0 bridgehead atoms. The number of aryl methyl sites for hydroxylation is 2. The lowest BCUT2D eigenvalue weighted by atomic mass is 10.1. The third-order valence-electron chi connectivity index (χ3n) is 3.55. The number of hydrogen-bond acceptors (Lipinski definition) is 2. The molecule has 98 valence electrons. The van der Waals surface area contributed by atoms with Crippen molar-refractivity contribution in [1.82, 2.24) is 14.4 Å². The molecule has 0 aliphatic carbocycles. The fraction of sp³-hybridized carbons (Fsp3) is 0.267. The van der Waals surface area contributed by atoms with Gasteiger partial charge in [-0.25, -0.2) is 4.98 Å². The van der Waals surface area contributed by atoms with E-state index in [1.54, 1.807) is 12.4 Å². The van der Waals surface area contributed by atoms with E-state index in [-0.39, 0.29) is 0 Å². The molecular weight excluding hydrogens is 238 g/mol. The van der Waals surface area contributed by atoms with Gasteiger partial charge in [-0.2, -0.15) is 0 Å². The number of aliphatic hydroxyl groups is 1. The van der Waals surface area contributed by atoms with Crippen LogP contribution in [-0.2, 0) is 6.42 Å². The second kappa shape index (κ2) is 4.55. The van der Waals surface area contributed by atoms with Crippen molar-refractivity contribution in [3.8, 4) is 0 Å². The molecule has 2 N–H and O–H groups in total. The predicted octanol–water partition coefficient (Wildman–Crippen LogP) is 2.61. The van der Waals surface area contributed by atoms with E-state index in [2.05, 4.69) is 40.3 Å². The normalized spacial score (nSPS) is 13.0. The van der Waals surface area contributed by atoms with Crippen LogP contribution in [0.2, 0.25) is 0 Å². The highest BCUT2D eigenvalue weighted by Crippen LogP contribution is 2.25. The molecule has 0 fully saturated rings. The maximum Gasteiger partial charge on any atom is 0.152 e. The van der Waals surface area contributed by atoms with Crippen LogP contribution in [0.25, 0.3) is 5.52 Å². The van der Waals surface area contributed by atoms with Crippen molar-refractivity contribution in [3.63, 3.8) is 0 Å². The van der Waals surface area contributed by atoms with Crippen molar-refractivity contribution in [2.45, 2.75) is 26.4 Å². The second-order valence-corrected chi connectivity index (χ2v) is 4.72. The average Bonchev–Trinajstić information content (AvgIpc) is 3.08. The van der Waals surface area contributed by atoms with Crippen molar-refractivity contribution >= 4 is 5.52 Å². The van der Waals surface area contributed by atoms with Crippen LogP contribution in [0.5, 0.6) is 0 Å². The summed E-state index contributed by atoms with van der Waals surface area (Å²) in [4.78, 5) is 7.11. The van der Waals surface area contributed by atoms with E-state index in [4.69, 9.17) is 0 Å². The van der Waals surface area contributed by atoms with Gasteiger partial charge < -0.3 is 14.5 Å². The molecule has 4 heteroatoms. The third-order valence-corrected chi connectivity index (χ3v) is 3.55. The highest BCUT2D eigenvalue weighted by atomic mass is 16.3. The van der Waals surface area contributed by atoms with Gasteiger partial charge in [-0.1, -0.05) is 13.0 Å². The largest absolute Gasteiger partial charge is 0.379 e. The molecule has 3 aromatic rings. The molecule has 0 aliphatic heterocycles. The van der Waals surface area contributed by atoms with Crippen LogP contribution in [0.4, 0.5) is 0 Å². The van der Waals surface area contributed by atoms with Crippen LogP contribution in [0.15, 0.2) is 36.7 Å². The minimum atomic E-state index is -0.740. The maximum atomic E-state index is 10.5. The highest BCUT2D eigenvalue weighted by molar-refractivity contribution is 5.58. The van der Waals surface area contributed by atoms with Crippen LogP contribution in [-0.4, -0.2) is 19.5 Å². The molecule has 1 unspecified atom stereocenters. The molecule has 0 amide bonds. The van der Waals surface area contributed by atoms with E-state index in [0.717, 1.165) is 17.6 Å². The Bertz CT molecular complexity index is 698. The number of hydrogen-bond donors (Lipinski definition) is 2. The Morgan fingerprint density at radius 1 is 1.32 bits per heavy atom. The molecule has 0 saturated carbocycles. The average molecular weight is 255 g/mol. The Morgan fingerprint density at radius 2 is 2.16 bits per heavy atom. The fourth-order valence-corrected chi connectivity index (χ4v) is 2.52. The number of imidazole rings is 1. The summed E-state index contributed by atoms with van der Waals surface area (Å²) in [5.74, 6) is 0.570. The number of aliphatic hydroxyl groups excluding tert-OH is 1. The summed E-state index contributed by atoms with van der Waals surface area (Å²) in [5.41, 5.74) is 4.38. The van der Waals surface area contributed by atoms with Gasteiger partial charge in [0.25, 0.3) is 0 Å². The Morgan fingerprint density at radius 3 is 2.84 bits per heavy atom. The Balaban J connectivity index is 2.23. The first kappa shape index (κ1) is 12.0. The van der Waals surface area contributed by atoms with Crippen molar-refractivity contribution in [3.05, 3.63) is 59.4 Å². The van der Waals surface area contributed by atoms with Gasteiger partial charge in [0.15, 0.2) is 6.10 Å². The number of aromatic nitrogens is 3. The van der Waals surface area contributed by atoms with Crippen LogP contribution in [0, 0.1) is 6.92 Å². The summed E-state index contributed by atoms with van der Waals surface area (Å²) in [6, 6.07) is 8.22. The molecular formula is C15H17N3O. The van der Waals surface area contributed by atoms with E-state index in [1.807, 2.05) is 12.1 Å². The van der Waals surface area contributed by atoms with Crippen LogP contribution in [0.1, 0.15) is 35.8 Å². The van der Waals surface area contributed by atoms with Crippen LogP contribution in [0.3, 0.4) is 0 Å². The molecule has 0 aliphatic rings. The topological polar surface area (TPSA) is 53.3 Å². The Labute approximate surface area is 111 Å². The molecule has 0 saturated heterocycles. The van der Waals surface area contributed by atoms with Crippen molar-refractivity contribution in [2.75, 3.05) is 0 Å². The predicted molar refractivity (Wildman–Crippen MR) is 74.2 cm³/mol. The molecule has 0 aromatic carbocycles. The summed E-state index contributed by atoms with van der Waals surface area (Å²) in [5, 5.41) is 10.5. The standard InChI is InChI=1S/C15H17N3O/c1-3-11-5-7-12-10(2)4-6-13(18(11)12)14(19)15-16-8-9-17-15/h4-9,14,19H,3H2,1-2H3,(H,16,17). The number of H-pyrrole nitrogens is 1. The Hall–Kier alpha value is -2.07. The fourth-order valence-electron chi connectivity index (χ4n) is 2.52. The van der Waals surface area contributed by atoms with Gasteiger partial charge in [0.1, 0.15) is 5.82 Å². The molecule has 0 spiro atoms. The first-order valence-electron chi connectivity index (χ1n) is 6.49. The first-order chi connectivity index (χ1) is 9.22. The smallest absolute Gasteiger partial charge is 0.152 e. The summed E-state index contributed by atoms with van der Waals surface area (Å²) in [6.07, 6.45) is 3.56. The molecule has 3 heterocycles. The van der Waals surface area contributed by atoms with Gasteiger partial charge in [-0.15, -0.1) is 0 Å². The first-order valence-corrected chi connectivity index (χ1v) is 6.49. The zero-order valence-corrected chi connectivity index (χ0v) is 11.1. The van der Waals surface area contributed by atoms with Gasteiger partial charge in [-0.3, -0.25) is 0 Å². The van der Waals surface area contributed by atoms with E-state index >= 15 is 0 Å². The molecule has 19 heavy (non-hydrogen) atoms. The summed E-state index contributed by atoms with van der Waals surface area (Å²) in [7, 11) is 0. The third kappa shape index (κ3) is 1.85.